The van der Waals surface area contributed by atoms with Crippen LogP contribution in [0.15, 0.2) is 29.1 Å². The van der Waals surface area contributed by atoms with Crippen LogP contribution in [0, 0.1) is 13.8 Å². The largest absolute Gasteiger partial charge is 0.297 e. The zero-order chi connectivity index (χ0) is 21.0. The number of amides is 1. The number of benzene rings is 1. The van der Waals surface area contributed by atoms with Crippen molar-refractivity contribution in [2.75, 3.05) is 5.32 Å². The van der Waals surface area contributed by atoms with Gasteiger partial charge in [-0.15, -0.1) is 22.7 Å². The van der Waals surface area contributed by atoms with Gasteiger partial charge in [0.1, 0.15) is 10.7 Å². The third-order valence-electron chi connectivity index (χ3n) is 5.25. The molecule has 9 heteroatoms. The van der Waals surface area contributed by atoms with Crippen molar-refractivity contribution in [2.45, 2.75) is 33.2 Å². The Morgan fingerprint density at radius 3 is 2.70 bits per heavy atom. The Morgan fingerprint density at radius 1 is 1.17 bits per heavy atom. The van der Waals surface area contributed by atoms with Gasteiger partial charge >= 0.3 is 0 Å². The quantitative estimate of drug-likeness (QED) is 0.468. The summed E-state index contributed by atoms with van der Waals surface area (Å²) < 4.78 is 1.73. The summed E-state index contributed by atoms with van der Waals surface area (Å²) in [4.78, 5) is 37.2. The standard InChI is InChI=1S/C21H17ClN4O2S2/c1-10-15-19(23-14-4-3-9-26(14)20(15)28)30-17(10)18(27)25-21-24-16(11(2)29-21)12-5-7-13(22)8-6-12/h5-8H,3-4,9H2,1-2H3,(H,24,25,27). The highest BCUT2D eigenvalue weighted by Crippen LogP contribution is 2.33. The molecule has 0 spiro atoms. The fourth-order valence-corrected chi connectivity index (χ4v) is 5.81. The maximum absolute atomic E-state index is 13.0. The summed E-state index contributed by atoms with van der Waals surface area (Å²) in [6.07, 6.45) is 1.74. The molecule has 6 nitrogen and oxygen atoms in total. The maximum atomic E-state index is 13.0. The highest BCUT2D eigenvalue weighted by Gasteiger charge is 2.24. The van der Waals surface area contributed by atoms with Gasteiger partial charge in [-0.1, -0.05) is 23.7 Å². The number of halogens is 1. The van der Waals surface area contributed by atoms with E-state index in [0.29, 0.717) is 37.4 Å². The number of aryl methyl sites for hydroxylation is 3. The van der Waals surface area contributed by atoms with Crippen LogP contribution < -0.4 is 10.9 Å². The van der Waals surface area contributed by atoms with Crippen molar-refractivity contribution in [2.24, 2.45) is 0 Å². The lowest BCUT2D eigenvalue weighted by molar-refractivity contribution is 0.103. The van der Waals surface area contributed by atoms with E-state index in [4.69, 9.17) is 11.6 Å². The predicted molar refractivity (Wildman–Crippen MR) is 122 cm³/mol. The fourth-order valence-electron chi connectivity index (χ4n) is 3.77. The second-order valence-corrected chi connectivity index (χ2v) is 9.85. The van der Waals surface area contributed by atoms with E-state index >= 15 is 0 Å². The third-order valence-corrected chi connectivity index (χ3v) is 7.58. The van der Waals surface area contributed by atoms with Crippen molar-refractivity contribution in [1.82, 2.24) is 14.5 Å². The number of nitrogens with zero attached hydrogens (tertiary/aromatic N) is 3. The number of thiazole rings is 1. The predicted octanol–water partition coefficient (Wildman–Crippen LogP) is 5.05. The molecule has 0 saturated carbocycles. The van der Waals surface area contributed by atoms with Crippen LogP contribution in [0.2, 0.25) is 5.02 Å². The van der Waals surface area contributed by atoms with E-state index in [1.807, 2.05) is 38.1 Å². The minimum atomic E-state index is -0.267. The first-order valence-electron chi connectivity index (χ1n) is 9.50. The number of nitrogens with one attached hydrogen (secondary N) is 1. The molecule has 4 heterocycles. The second kappa shape index (κ2) is 7.30. The van der Waals surface area contributed by atoms with Crippen LogP contribution in [0.3, 0.4) is 0 Å². The molecule has 0 bridgehead atoms. The molecule has 1 aromatic carbocycles. The monoisotopic (exact) mass is 456 g/mol. The first kappa shape index (κ1) is 19.4. The van der Waals surface area contributed by atoms with Gasteiger partial charge in [0.15, 0.2) is 5.13 Å². The first-order valence-corrected chi connectivity index (χ1v) is 11.5. The molecule has 0 unspecified atom stereocenters. The number of aromatic nitrogens is 3. The molecule has 1 N–H and O–H groups in total. The van der Waals surface area contributed by atoms with E-state index in [1.54, 1.807) is 4.57 Å². The van der Waals surface area contributed by atoms with Gasteiger partial charge in [-0.25, -0.2) is 9.97 Å². The molecule has 0 atom stereocenters. The lowest BCUT2D eigenvalue weighted by Gasteiger charge is -2.02. The Bertz CT molecular complexity index is 1370. The minimum Gasteiger partial charge on any atom is -0.297 e. The molecule has 1 aliphatic heterocycles. The van der Waals surface area contributed by atoms with E-state index < -0.39 is 0 Å². The van der Waals surface area contributed by atoms with E-state index in [-0.39, 0.29) is 11.5 Å². The van der Waals surface area contributed by atoms with E-state index in [2.05, 4.69) is 15.3 Å². The van der Waals surface area contributed by atoms with Gasteiger partial charge in [0.05, 0.1) is 16.0 Å². The number of thiophene rings is 1. The van der Waals surface area contributed by atoms with Gasteiger partial charge in [0.2, 0.25) is 0 Å². The Morgan fingerprint density at radius 2 is 1.93 bits per heavy atom. The molecule has 0 radical (unpaired) electrons. The zero-order valence-corrected chi connectivity index (χ0v) is 18.7. The molecule has 4 aromatic rings. The smallest absolute Gasteiger partial charge is 0.267 e. The number of hydrogen-bond donors (Lipinski definition) is 1. The van der Waals surface area contributed by atoms with Gasteiger partial charge in [0.25, 0.3) is 11.5 Å². The lowest BCUT2D eigenvalue weighted by atomic mass is 10.1. The minimum absolute atomic E-state index is 0.0459. The average Bonchev–Trinajstić information content (AvgIpc) is 3.41. The normalized spacial score (nSPS) is 13.0. The summed E-state index contributed by atoms with van der Waals surface area (Å²) in [6, 6.07) is 7.45. The Labute approximate surface area is 185 Å². The van der Waals surface area contributed by atoms with Crippen LogP contribution in [0.4, 0.5) is 5.13 Å². The summed E-state index contributed by atoms with van der Waals surface area (Å²) in [6.45, 7) is 4.47. The van der Waals surface area contributed by atoms with Crippen molar-refractivity contribution >= 4 is 55.5 Å². The molecule has 30 heavy (non-hydrogen) atoms. The van der Waals surface area contributed by atoms with Crippen LogP contribution >= 0.6 is 34.3 Å². The number of fused-ring (bicyclic) bond motifs is 2. The zero-order valence-electron chi connectivity index (χ0n) is 16.3. The molecule has 1 aliphatic rings. The Kier molecular flexibility index (Phi) is 4.72. The molecule has 5 rings (SSSR count). The summed E-state index contributed by atoms with van der Waals surface area (Å²) in [5.41, 5.74) is 2.39. The summed E-state index contributed by atoms with van der Waals surface area (Å²) in [5.74, 6) is 0.542. The van der Waals surface area contributed by atoms with Crippen LogP contribution in [0.1, 0.15) is 32.4 Å². The number of carbonyl (C=O) groups excluding carboxylic acids is 1. The lowest BCUT2D eigenvalue weighted by Crippen LogP contribution is -2.20. The van der Waals surface area contributed by atoms with Crippen LogP contribution in [0.25, 0.3) is 21.5 Å². The molecule has 0 aliphatic carbocycles. The average molecular weight is 457 g/mol. The SMILES string of the molecule is Cc1sc(NC(=O)c2sc3nc4n(c(=O)c3c2C)CCC4)nc1-c1ccc(Cl)cc1. The van der Waals surface area contributed by atoms with Crippen molar-refractivity contribution in [1.29, 1.82) is 0 Å². The van der Waals surface area contributed by atoms with Crippen LogP contribution in [-0.2, 0) is 13.0 Å². The molecule has 1 amide bonds. The first-order chi connectivity index (χ1) is 14.4. The van der Waals surface area contributed by atoms with Gasteiger partial charge in [-0.05, 0) is 38.0 Å². The van der Waals surface area contributed by atoms with E-state index in [9.17, 15) is 9.59 Å². The van der Waals surface area contributed by atoms with E-state index in [1.165, 1.54) is 22.7 Å². The molecule has 3 aromatic heterocycles. The summed E-state index contributed by atoms with van der Waals surface area (Å²) in [5, 5.41) is 4.63. The summed E-state index contributed by atoms with van der Waals surface area (Å²) >= 11 is 8.65. The van der Waals surface area contributed by atoms with Crippen LogP contribution in [0.5, 0.6) is 0 Å². The number of carbonyl (C=O) groups is 1. The molecule has 0 fully saturated rings. The fraction of sp³-hybridized carbons (Fsp3) is 0.238. The molecule has 152 valence electrons. The van der Waals surface area contributed by atoms with Crippen LogP contribution in [-0.4, -0.2) is 20.4 Å². The third kappa shape index (κ3) is 3.15. The highest BCUT2D eigenvalue weighted by molar-refractivity contribution is 7.21. The topological polar surface area (TPSA) is 76.9 Å². The van der Waals surface area contributed by atoms with Gasteiger partial charge in [-0.3, -0.25) is 19.5 Å². The van der Waals surface area contributed by atoms with Crippen molar-refractivity contribution in [3.05, 3.63) is 60.8 Å². The number of hydrogen-bond acceptors (Lipinski definition) is 6. The molecular formula is C21H17ClN4O2S2. The highest BCUT2D eigenvalue weighted by atomic mass is 35.5. The van der Waals surface area contributed by atoms with Gasteiger partial charge < -0.3 is 0 Å². The number of rotatable bonds is 3. The number of anilines is 1. The van der Waals surface area contributed by atoms with E-state index in [0.717, 1.165) is 34.8 Å². The Hall–Kier alpha value is -2.55. The van der Waals surface area contributed by atoms with Gasteiger partial charge in [-0.2, -0.15) is 0 Å². The van der Waals surface area contributed by atoms with Gasteiger partial charge in [0, 0.05) is 28.4 Å². The maximum Gasteiger partial charge on any atom is 0.267 e. The molecule has 0 saturated heterocycles. The van der Waals surface area contributed by atoms with Crippen molar-refractivity contribution in [3.63, 3.8) is 0 Å². The molecular weight excluding hydrogens is 440 g/mol. The second-order valence-electron chi connectivity index (χ2n) is 7.21. The Balaban J connectivity index is 1.48. The van der Waals surface area contributed by atoms with Crippen molar-refractivity contribution in [3.8, 4) is 11.3 Å². The summed E-state index contributed by atoms with van der Waals surface area (Å²) in [7, 11) is 0. The van der Waals surface area contributed by atoms with Crippen molar-refractivity contribution < 1.29 is 4.79 Å².